The number of aromatic nitrogens is 1. The lowest BCUT2D eigenvalue weighted by atomic mass is 9.97. The molecule has 11 nitrogen and oxygen atoms in total. The first-order chi connectivity index (χ1) is 16.7. The van der Waals surface area contributed by atoms with Crippen molar-refractivity contribution in [2.24, 2.45) is 0 Å². The Bertz CT molecular complexity index is 1190. The maximum absolute atomic E-state index is 15.2. The van der Waals surface area contributed by atoms with Crippen LogP contribution in [0.4, 0.5) is 10.1 Å². The summed E-state index contributed by atoms with van der Waals surface area (Å²) in [6, 6.07) is 2.75. The molecule has 0 amide bonds. The summed E-state index contributed by atoms with van der Waals surface area (Å²) in [5.74, 6) is -1.99. The zero-order valence-corrected chi connectivity index (χ0v) is 18.8. The number of piperazine rings is 1. The number of fused-ring (bicyclic) bond motifs is 1. The first-order valence-electron chi connectivity index (χ1n) is 11.6. The SMILES string of the molecule is O=C(O)c1cn(C2CC2)c2cc(N3CCN(C4OC(CO)C(O)C(O)C4O)CC3)c(F)cc2c1=O. The van der Waals surface area contributed by atoms with Crippen LogP contribution in [0.25, 0.3) is 10.9 Å². The summed E-state index contributed by atoms with van der Waals surface area (Å²) in [5, 5.41) is 49.3. The van der Waals surface area contributed by atoms with Crippen molar-refractivity contribution in [1.82, 2.24) is 9.47 Å². The van der Waals surface area contributed by atoms with E-state index in [0.29, 0.717) is 31.7 Å². The Morgan fingerprint density at radius 3 is 2.34 bits per heavy atom. The van der Waals surface area contributed by atoms with Crippen molar-refractivity contribution in [3.8, 4) is 0 Å². The van der Waals surface area contributed by atoms with Crippen LogP contribution >= 0.6 is 0 Å². The monoisotopic (exact) mass is 493 g/mol. The average Bonchev–Trinajstić information content (AvgIpc) is 3.68. The summed E-state index contributed by atoms with van der Waals surface area (Å²) < 4.78 is 22.5. The number of aliphatic hydroxyl groups is 4. The molecule has 5 rings (SSSR count). The molecule has 5 unspecified atom stereocenters. The highest BCUT2D eigenvalue weighted by molar-refractivity contribution is 5.93. The summed E-state index contributed by atoms with van der Waals surface area (Å²) >= 11 is 0. The van der Waals surface area contributed by atoms with Gasteiger partial charge in [0.05, 0.1) is 17.8 Å². The van der Waals surface area contributed by atoms with Crippen molar-refractivity contribution in [1.29, 1.82) is 0 Å². The normalized spacial score (nSPS) is 30.1. The third kappa shape index (κ3) is 4.20. The lowest BCUT2D eigenvalue weighted by molar-refractivity contribution is -0.265. The van der Waals surface area contributed by atoms with Gasteiger partial charge in [0, 0.05) is 43.8 Å². The zero-order chi connectivity index (χ0) is 25.0. The number of carboxylic acids is 1. The number of nitrogens with zero attached hydrogens (tertiary/aromatic N) is 3. The molecule has 2 saturated heterocycles. The van der Waals surface area contributed by atoms with Gasteiger partial charge in [-0.1, -0.05) is 0 Å². The minimum atomic E-state index is -1.48. The van der Waals surface area contributed by atoms with E-state index in [2.05, 4.69) is 0 Å². The number of halogens is 1. The maximum Gasteiger partial charge on any atom is 0.341 e. The molecule has 1 aromatic carbocycles. The standard InChI is InChI=1S/C23H28FN3O8/c24-14-7-12-15(27(11-1-2-11)9-13(18(12)29)23(33)34)8-16(14)25-3-5-26(6-4-25)22-21(32)20(31)19(30)17(10-28)35-22/h7-9,11,17,19-22,28,30-32H,1-6,10H2,(H,33,34). The van der Waals surface area contributed by atoms with Crippen molar-refractivity contribution in [3.05, 3.63) is 39.9 Å². The van der Waals surface area contributed by atoms with Crippen LogP contribution in [0.3, 0.4) is 0 Å². The Balaban J connectivity index is 1.40. The molecule has 3 heterocycles. The van der Waals surface area contributed by atoms with Crippen molar-refractivity contribution in [2.75, 3.05) is 37.7 Å². The van der Waals surface area contributed by atoms with Crippen LogP contribution in [-0.4, -0.2) is 104 Å². The van der Waals surface area contributed by atoms with Crippen LogP contribution in [0.2, 0.25) is 0 Å². The fourth-order valence-electron chi connectivity index (χ4n) is 5.01. The Hall–Kier alpha value is -2.61. The number of hydrogen-bond donors (Lipinski definition) is 5. The smallest absolute Gasteiger partial charge is 0.341 e. The molecule has 3 aliphatic rings. The van der Waals surface area contributed by atoms with Crippen LogP contribution < -0.4 is 10.3 Å². The first-order valence-corrected chi connectivity index (χ1v) is 11.6. The van der Waals surface area contributed by atoms with Crippen LogP contribution in [0, 0.1) is 5.82 Å². The van der Waals surface area contributed by atoms with E-state index in [0.717, 1.165) is 18.9 Å². The molecule has 190 valence electrons. The summed E-state index contributed by atoms with van der Waals surface area (Å²) in [7, 11) is 0. The molecule has 3 fully saturated rings. The number of anilines is 1. The number of hydrogen-bond acceptors (Lipinski definition) is 9. The maximum atomic E-state index is 15.2. The van der Waals surface area contributed by atoms with Gasteiger partial charge in [0.2, 0.25) is 5.43 Å². The second-order valence-corrected chi connectivity index (χ2v) is 9.38. The van der Waals surface area contributed by atoms with Crippen LogP contribution in [-0.2, 0) is 4.74 Å². The Kier molecular flexibility index (Phi) is 6.28. The van der Waals surface area contributed by atoms with Gasteiger partial charge in [0.25, 0.3) is 0 Å². The predicted octanol–water partition coefficient (Wildman–Crippen LogP) is -0.904. The Morgan fingerprint density at radius 1 is 1.06 bits per heavy atom. The van der Waals surface area contributed by atoms with E-state index >= 15 is 4.39 Å². The number of benzene rings is 1. The third-order valence-electron chi connectivity index (χ3n) is 7.15. The number of carboxylic acid groups (broad SMARTS) is 1. The van der Waals surface area contributed by atoms with Gasteiger partial charge in [0.1, 0.15) is 42.0 Å². The first kappa shape index (κ1) is 24.1. The second kappa shape index (κ2) is 9.12. The van der Waals surface area contributed by atoms with Crippen LogP contribution in [0.1, 0.15) is 29.2 Å². The Labute approximate surface area is 199 Å². The lowest BCUT2D eigenvalue weighted by Crippen LogP contribution is -2.65. The number of pyridine rings is 1. The highest BCUT2D eigenvalue weighted by Gasteiger charge is 2.46. The summed E-state index contributed by atoms with van der Waals surface area (Å²) in [4.78, 5) is 27.8. The van der Waals surface area contributed by atoms with E-state index in [1.807, 2.05) is 0 Å². The van der Waals surface area contributed by atoms with Crippen molar-refractivity contribution in [3.63, 3.8) is 0 Å². The van der Waals surface area contributed by atoms with E-state index in [4.69, 9.17) is 4.74 Å². The minimum absolute atomic E-state index is 0.0259. The van der Waals surface area contributed by atoms with Crippen LogP contribution in [0.5, 0.6) is 0 Å². The van der Waals surface area contributed by atoms with Gasteiger partial charge in [-0.05, 0) is 25.0 Å². The van der Waals surface area contributed by atoms with Gasteiger partial charge >= 0.3 is 5.97 Å². The second-order valence-electron chi connectivity index (χ2n) is 9.38. The molecule has 0 radical (unpaired) electrons. The highest BCUT2D eigenvalue weighted by Crippen LogP contribution is 2.38. The topological polar surface area (TPSA) is 156 Å². The summed E-state index contributed by atoms with van der Waals surface area (Å²) in [5.41, 5.74) is -0.343. The number of ether oxygens (including phenoxy) is 1. The van der Waals surface area contributed by atoms with Crippen LogP contribution in [0.15, 0.2) is 23.1 Å². The largest absolute Gasteiger partial charge is 0.477 e. The van der Waals surface area contributed by atoms with E-state index < -0.39 is 54.5 Å². The lowest BCUT2D eigenvalue weighted by Gasteiger charge is -2.47. The van der Waals surface area contributed by atoms with Gasteiger partial charge in [-0.25, -0.2) is 9.18 Å². The fraction of sp³-hybridized carbons (Fsp3) is 0.565. The third-order valence-corrected chi connectivity index (χ3v) is 7.15. The minimum Gasteiger partial charge on any atom is -0.477 e. The molecular formula is C23H28FN3O8. The van der Waals surface area contributed by atoms with Gasteiger partial charge in [0.15, 0.2) is 0 Å². The van der Waals surface area contributed by atoms with E-state index in [1.165, 1.54) is 6.20 Å². The van der Waals surface area contributed by atoms with E-state index in [-0.39, 0.29) is 22.7 Å². The average molecular weight is 493 g/mol. The summed E-state index contributed by atoms with van der Waals surface area (Å²) in [6.45, 7) is 0.855. The molecule has 1 aromatic heterocycles. The van der Waals surface area contributed by atoms with Gasteiger partial charge in [-0.15, -0.1) is 0 Å². The van der Waals surface area contributed by atoms with Crippen molar-refractivity contribution < 1.29 is 39.5 Å². The molecule has 1 saturated carbocycles. The molecule has 1 aliphatic carbocycles. The molecule has 2 aliphatic heterocycles. The quantitative estimate of drug-likeness (QED) is 0.354. The number of rotatable bonds is 5. The molecule has 5 N–H and O–H groups in total. The van der Waals surface area contributed by atoms with Crippen molar-refractivity contribution in [2.45, 2.75) is 49.5 Å². The van der Waals surface area contributed by atoms with Crippen molar-refractivity contribution >= 4 is 22.6 Å². The van der Waals surface area contributed by atoms with Gasteiger partial charge in [-0.2, -0.15) is 0 Å². The molecule has 0 spiro atoms. The number of carbonyl (C=O) groups is 1. The molecule has 35 heavy (non-hydrogen) atoms. The van der Waals surface area contributed by atoms with E-state index in [1.54, 1.807) is 20.4 Å². The number of aliphatic hydroxyl groups excluding tert-OH is 4. The van der Waals surface area contributed by atoms with Gasteiger partial charge < -0.3 is 39.7 Å². The zero-order valence-electron chi connectivity index (χ0n) is 18.8. The van der Waals surface area contributed by atoms with E-state index in [9.17, 15) is 35.1 Å². The number of aromatic carboxylic acids is 1. The van der Waals surface area contributed by atoms with Gasteiger partial charge in [-0.3, -0.25) is 9.69 Å². The summed E-state index contributed by atoms with van der Waals surface area (Å²) in [6.07, 6.45) is -3.21. The highest BCUT2D eigenvalue weighted by atomic mass is 19.1. The molecule has 0 bridgehead atoms. The molecular weight excluding hydrogens is 465 g/mol. The predicted molar refractivity (Wildman–Crippen MR) is 121 cm³/mol. The molecule has 12 heteroatoms. The fourth-order valence-corrected chi connectivity index (χ4v) is 5.01. The molecule has 2 aromatic rings. The molecule has 5 atom stereocenters. The Morgan fingerprint density at radius 2 is 1.74 bits per heavy atom.